The lowest BCUT2D eigenvalue weighted by atomic mass is 10.2. The topological polar surface area (TPSA) is 60.3 Å². The molecule has 0 saturated heterocycles. The molecule has 0 aliphatic carbocycles. The van der Waals surface area contributed by atoms with Crippen molar-refractivity contribution in [3.8, 4) is 5.75 Å². The first-order valence-electron chi connectivity index (χ1n) is 8.64. The summed E-state index contributed by atoms with van der Waals surface area (Å²) in [7, 11) is 0. The second kappa shape index (κ2) is 10.5. The zero-order valence-electron chi connectivity index (χ0n) is 14.8. The fourth-order valence-electron chi connectivity index (χ4n) is 2.32. The number of hydrogen-bond donors (Lipinski definition) is 1. The van der Waals surface area contributed by atoms with E-state index in [2.05, 4.69) is 5.32 Å². The van der Waals surface area contributed by atoms with E-state index in [-0.39, 0.29) is 11.5 Å². The summed E-state index contributed by atoms with van der Waals surface area (Å²) in [5.74, 6) is 0.576. The van der Waals surface area contributed by atoms with Gasteiger partial charge in [0, 0.05) is 37.0 Å². The molecule has 6 heteroatoms. The maximum absolute atomic E-state index is 11.9. The standard InChI is InChI=1S/C20H23ClN2O3/c1-2-14-26-18-7-4-3-6-16(18)8-10-19(24)22-12-5-13-23-15-17(21)9-11-20(23)25/h3-4,6-11,15H,2,5,12-14H2,1H3,(H,22,24)/b10-8+. The van der Waals surface area contributed by atoms with Crippen molar-refractivity contribution in [2.45, 2.75) is 26.3 Å². The van der Waals surface area contributed by atoms with Gasteiger partial charge in [0.15, 0.2) is 0 Å². The molecule has 1 aromatic heterocycles. The zero-order chi connectivity index (χ0) is 18.8. The number of carbonyl (C=O) groups is 1. The molecular weight excluding hydrogens is 352 g/mol. The van der Waals surface area contributed by atoms with E-state index >= 15 is 0 Å². The van der Waals surface area contributed by atoms with Crippen LogP contribution < -0.4 is 15.6 Å². The number of aromatic nitrogens is 1. The van der Waals surface area contributed by atoms with Crippen LogP contribution in [0.15, 0.2) is 53.5 Å². The van der Waals surface area contributed by atoms with Crippen molar-refractivity contribution in [1.82, 2.24) is 9.88 Å². The third-order valence-corrected chi connectivity index (χ3v) is 3.84. The van der Waals surface area contributed by atoms with Crippen LogP contribution in [0.4, 0.5) is 0 Å². The van der Waals surface area contributed by atoms with Crippen LogP contribution in [-0.4, -0.2) is 23.6 Å². The molecule has 5 nitrogen and oxygen atoms in total. The number of pyridine rings is 1. The summed E-state index contributed by atoms with van der Waals surface area (Å²) < 4.78 is 7.19. The maximum atomic E-state index is 11.9. The average molecular weight is 375 g/mol. The van der Waals surface area contributed by atoms with Crippen molar-refractivity contribution >= 4 is 23.6 Å². The summed E-state index contributed by atoms with van der Waals surface area (Å²) >= 11 is 5.88. The lowest BCUT2D eigenvalue weighted by molar-refractivity contribution is -0.116. The van der Waals surface area contributed by atoms with E-state index in [0.717, 1.165) is 17.7 Å². The summed E-state index contributed by atoms with van der Waals surface area (Å²) in [5, 5.41) is 3.32. The predicted octanol–water partition coefficient (Wildman–Crippen LogP) is 3.51. The van der Waals surface area contributed by atoms with Crippen molar-refractivity contribution < 1.29 is 9.53 Å². The van der Waals surface area contributed by atoms with E-state index in [0.29, 0.717) is 31.1 Å². The van der Waals surface area contributed by atoms with Gasteiger partial charge in [0.2, 0.25) is 5.91 Å². The van der Waals surface area contributed by atoms with Crippen molar-refractivity contribution in [1.29, 1.82) is 0 Å². The van der Waals surface area contributed by atoms with Gasteiger partial charge in [-0.1, -0.05) is 36.7 Å². The van der Waals surface area contributed by atoms with Crippen molar-refractivity contribution in [3.05, 3.63) is 69.6 Å². The minimum absolute atomic E-state index is 0.107. The Bertz CT molecular complexity index is 815. The Kier molecular flexibility index (Phi) is 7.96. The van der Waals surface area contributed by atoms with Crippen LogP contribution >= 0.6 is 11.6 Å². The number of ether oxygens (including phenoxy) is 1. The molecule has 0 aliphatic heterocycles. The monoisotopic (exact) mass is 374 g/mol. The highest BCUT2D eigenvalue weighted by atomic mass is 35.5. The maximum Gasteiger partial charge on any atom is 0.250 e. The quantitative estimate of drug-likeness (QED) is 0.539. The van der Waals surface area contributed by atoms with Gasteiger partial charge in [-0.2, -0.15) is 0 Å². The third kappa shape index (κ3) is 6.41. The molecule has 1 N–H and O–H groups in total. The average Bonchev–Trinajstić information content (AvgIpc) is 2.65. The highest BCUT2D eigenvalue weighted by Crippen LogP contribution is 2.19. The summed E-state index contributed by atoms with van der Waals surface area (Å²) in [6.07, 6.45) is 6.38. The largest absolute Gasteiger partial charge is 0.493 e. The lowest BCUT2D eigenvalue weighted by Crippen LogP contribution is -2.25. The molecule has 1 aromatic carbocycles. The van der Waals surface area contributed by atoms with E-state index in [1.807, 2.05) is 31.2 Å². The van der Waals surface area contributed by atoms with E-state index in [1.165, 1.54) is 16.7 Å². The third-order valence-electron chi connectivity index (χ3n) is 3.62. The van der Waals surface area contributed by atoms with Gasteiger partial charge >= 0.3 is 0 Å². The number of nitrogens with zero attached hydrogens (tertiary/aromatic N) is 1. The number of halogens is 1. The highest BCUT2D eigenvalue weighted by molar-refractivity contribution is 6.30. The Morgan fingerprint density at radius 3 is 2.88 bits per heavy atom. The summed E-state index contributed by atoms with van der Waals surface area (Å²) in [4.78, 5) is 23.6. The zero-order valence-corrected chi connectivity index (χ0v) is 15.5. The molecule has 2 rings (SSSR count). The Morgan fingerprint density at radius 1 is 1.27 bits per heavy atom. The lowest BCUT2D eigenvalue weighted by Gasteiger charge is -2.08. The van der Waals surface area contributed by atoms with Gasteiger partial charge in [-0.15, -0.1) is 0 Å². The summed E-state index contributed by atoms with van der Waals surface area (Å²) in [6.45, 7) is 3.65. The van der Waals surface area contributed by atoms with Gasteiger partial charge in [-0.25, -0.2) is 0 Å². The molecule has 0 radical (unpaired) electrons. The second-order valence-corrected chi connectivity index (χ2v) is 6.18. The SMILES string of the molecule is CCCOc1ccccc1/C=C/C(=O)NCCCn1cc(Cl)ccc1=O. The summed E-state index contributed by atoms with van der Waals surface area (Å²) in [6, 6.07) is 10.6. The molecule has 0 bridgehead atoms. The van der Waals surface area contributed by atoms with E-state index in [4.69, 9.17) is 16.3 Å². The minimum atomic E-state index is -0.186. The van der Waals surface area contributed by atoms with Crippen LogP contribution in [-0.2, 0) is 11.3 Å². The predicted molar refractivity (Wildman–Crippen MR) is 105 cm³/mol. The van der Waals surface area contributed by atoms with Crippen LogP contribution in [0, 0.1) is 0 Å². The van der Waals surface area contributed by atoms with E-state index in [1.54, 1.807) is 18.3 Å². The molecule has 26 heavy (non-hydrogen) atoms. The molecule has 0 unspecified atom stereocenters. The smallest absolute Gasteiger partial charge is 0.250 e. The molecular formula is C20H23ClN2O3. The van der Waals surface area contributed by atoms with Crippen LogP contribution in [0.1, 0.15) is 25.3 Å². The number of para-hydroxylation sites is 1. The van der Waals surface area contributed by atoms with Crippen LogP contribution in [0.3, 0.4) is 0 Å². The molecule has 1 heterocycles. The van der Waals surface area contributed by atoms with Crippen molar-refractivity contribution in [3.63, 3.8) is 0 Å². The normalized spacial score (nSPS) is 10.8. The van der Waals surface area contributed by atoms with Crippen molar-refractivity contribution in [2.24, 2.45) is 0 Å². The molecule has 0 spiro atoms. The second-order valence-electron chi connectivity index (χ2n) is 5.74. The first kappa shape index (κ1) is 19.8. The fourth-order valence-corrected chi connectivity index (χ4v) is 2.50. The van der Waals surface area contributed by atoms with Crippen LogP contribution in [0.25, 0.3) is 6.08 Å². The molecule has 138 valence electrons. The Morgan fingerprint density at radius 2 is 2.08 bits per heavy atom. The number of hydrogen-bond acceptors (Lipinski definition) is 3. The number of aryl methyl sites for hydroxylation is 1. The number of carbonyl (C=O) groups excluding carboxylic acids is 1. The number of amides is 1. The van der Waals surface area contributed by atoms with Gasteiger partial charge < -0.3 is 14.6 Å². The molecule has 1 amide bonds. The Labute approximate surface area is 158 Å². The number of benzene rings is 1. The van der Waals surface area contributed by atoms with Crippen molar-refractivity contribution in [2.75, 3.05) is 13.2 Å². The number of rotatable bonds is 9. The molecule has 0 fully saturated rings. The van der Waals surface area contributed by atoms with Gasteiger partial charge in [0.25, 0.3) is 5.56 Å². The Balaban J connectivity index is 1.81. The Hall–Kier alpha value is -2.53. The molecule has 0 atom stereocenters. The van der Waals surface area contributed by atoms with E-state index in [9.17, 15) is 9.59 Å². The summed E-state index contributed by atoms with van der Waals surface area (Å²) in [5.41, 5.74) is 0.755. The first-order valence-corrected chi connectivity index (χ1v) is 9.01. The van der Waals surface area contributed by atoms with Crippen LogP contribution in [0.5, 0.6) is 5.75 Å². The molecule has 2 aromatic rings. The fraction of sp³-hybridized carbons (Fsp3) is 0.300. The molecule has 0 saturated carbocycles. The van der Waals surface area contributed by atoms with Crippen LogP contribution in [0.2, 0.25) is 5.02 Å². The van der Waals surface area contributed by atoms with Gasteiger partial charge in [0.1, 0.15) is 5.75 Å². The number of nitrogens with one attached hydrogen (secondary N) is 1. The minimum Gasteiger partial charge on any atom is -0.493 e. The van der Waals surface area contributed by atoms with E-state index < -0.39 is 0 Å². The molecule has 0 aliphatic rings. The first-order chi connectivity index (χ1) is 12.6. The highest BCUT2D eigenvalue weighted by Gasteiger charge is 2.01. The van der Waals surface area contributed by atoms with Gasteiger partial charge in [-0.3, -0.25) is 9.59 Å². The van der Waals surface area contributed by atoms with Gasteiger partial charge in [-0.05, 0) is 31.1 Å². The van der Waals surface area contributed by atoms with Gasteiger partial charge in [0.05, 0.1) is 11.6 Å².